The fourth-order valence-electron chi connectivity index (χ4n) is 1.44. The molecule has 0 saturated carbocycles. The molecule has 3 nitrogen and oxygen atoms in total. The van der Waals surface area contributed by atoms with Gasteiger partial charge in [-0.15, -0.1) is 0 Å². The summed E-state index contributed by atoms with van der Waals surface area (Å²) < 4.78 is 0. The Balaban J connectivity index is 3.00. The number of carbonyl (C=O) groups is 1. The Labute approximate surface area is 77.8 Å². The molecule has 0 aliphatic rings. The van der Waals surface area contributed by atoms with Crippen LogP contribution in [0.25, 0.3) is 0 Å². The van der Waals surface area contributed by atoms with Crippen molar-refractivity contribution in [2.75, 3.05) is 0 Å². The van der Waals surface area contributed by atoms with Gasteiger partial charge in [0.25, 0.3) is 0 Å². The normalized spacial score (nSPS) is 10.8. The number of carboxylic acid groups (broad SMARTS) is 1. The molecule has 2 N–H and O–H groups in total. The third kappa shape index (κ3) is 2.11. The Morgan fingerprint density at radius 1 is 1.62 bits per heavy atom. The van der Waals surface area contributed by atoms with E-state index in [1.807, 2.05) is 6.92 Å². The van der Waals surface area contributed by atoms with Gasteiger partial charge in [-0.3, -0.25) is 0 Å². The van der Waals surface area contributed by atoms with E-state index in [1.54, 1.807) is 6.20 Å². The Hall–Kier alpha value is -1.25. The van der Waals surface area contributed by atoms with Crippen LogP contribution in [0.5, 0.6) is 0 Å². The van der Waals surface area contributed by atoms with Crippen LogP contribution < -0.4 is 0 Å². The van der Waals surface area contributed by atoms with Gasteiger partial charge in [-0.05, 0) is 24.8 Å². The van der Waals surface area contributed by atoms with E-state index in [0.29, 0.717) is 11.5 Å². The summed E-state index contributed by atoms with van der Waals surface area (Å²) in [6.45, 7) is 5.95. The van der Waals surface area contributed by atoms with Crippen molar-refractivity contribution in [3.05, 3.63) is 23.0 Å². The summed E-state index contributed by atoms with van der Waals surface area (Å²) in [5.74, 6) is -0.370. The molecule has 0 bridgehead atoms. The molecule has 0 fully saturated rings. The molecule has 0 aliphatic carbocycles. The number of rotatable bonds is 3. The number of carboxylic acids is 1. The smallest absolute Gasteiger partial charge is 0.337 e. The number of aromatic amines is 1. The number of hydrogen-bond donors (Lipinski definition) is 2. The van der Waals surface area contributed by atoms with Gasteiger partial charge in [-0.25, -0.2) is 4.79 Å². The highest BCUT2D eigenvalue weighted by atomic mass is 16.4. The van der Waals surface area contributed by atoms with E-state index in [4.69, 9.17) is 5.11 Å². The van der Waals surface area contributed by atoms with Gasteiger partial charge in [-0.2, -0.15) is 0 Å². The first-order valence-electron chi connectivity index (χ1n) is 4.42. The molecular formula is C10H15NO2. The monoisotopic (exact) mass is 181 g/mol. The minimum Gasteiger partial charge on any atom is -0.478 e. The van der Waals surface area contributed by atoms with Crippen molar-refractivity contribution >= 4 is 5.97 Å². The maximum absolute atomic E-state index is 10.9. The average molecular weight is 181 g/mol. The van der Waals surface area contributed by atoms with Crippen molar-refractivity contribution in [3.63, 3.8) is 0 Å². The van der Waals surface area contributed by atoms with Gasteiger partial charge >= 0.3 is 5.97 Å². The molecule has 1 aromatic rings. The van der Waals surface area contributed by atoms with Crippen LogP contribution in [0.1, 0.15) is 35.5 Å². The standard InChI is InChI=1S/C10H15NO2/c1-6(2)4-8-9(10(12)13)7(3)5-11-8/h5-6,11H,4H2,1-3H3,(H,12,13). The van der Waals surface area contributed by atoms with Crippen LogP contribution in [0.2, 0.25) is 0 Å². The number of H-pyrrole nitrogens is 1. The Kier molecular flexibility index (Phi) is 2.76. The highest BCUT2D eigenvalue weighted by Crippen LogP contribution is 2.16. The van der Waals surface area contributed by atoms with Crippen molar-refractivity contribution in [3.8, 4) is 0 Å². The van der Waals surface area contributed by atoms with Crippen molar-refractivity contribution in [1.29, 1.82) is 0 Å². The van der Waals surface area contributed by atoms with Gasteiger partial charge in [0, 0.05) is 11.9 Å². The summed E-state index contributed by atoms with van der Waals surface area (Å²) in [4.78, 5) is 13.9. The van der Waals surface area contributed by atoms with Crippen molar-refractivity contribution < 1.29 is 9.90 Å². The van der Waals surface area contributed by atoms with Crippen LogP contribution in [0.3, 0.4) is 0 Å². The third-order valence-electron chi connectivity index (χ3n) is 1.99. The first-order valence-corrected chi connectivity index (χ1v) is 4.42. The van der Waals surface area contributed by atoms with Crippen molar-refractivity contribution in [1.82, 2.24) is 4.98 Å². The van der Waals surface area contributed by atoms with Gasteiger partial charge in [0.05, 0.1) is 5.56 Å². The molecule has 0 amide bonds. The Morgan fingerprint density at radius 2 is 2.23 bits per heavy atom. The molecule has 0 spiro atoms. The molecule has 13 heavy (non-hydrogen) atoms. The van der Waals surface area contributed by atoms with Crippen LogP contribution in [0.15, 0.2) is 6.20 Å². The zero-order valence-corrected chi connectivity index (χ0v) is 8.22. The molecule has 0 atom stereocenters. The lowest BCUT2D eigenvalue weighted by molar-refractivity contribution is 0.0695. The predicted octanol–water partition coefficient (Wildman–Crippen LogP) is 2.22. The summed E-state index contributed by atoms with van der Waals surface area (Å²) in [6.07, 6.45) is 2.54. The van der Waals surface area contributed by atoms with Crippen molar-refractivity contribution in [2.45, 2.75) is 27.2 Å². The maximum atomic E-state index is 10.9. The maximum Gasteiger partial charge on any atom is 0.337 e. The highest BCUT2D eigenvalue weighted by molar-refractivity contribution is 5.90. The van der Waals surface area contributed by atoms with Gasteiger partial charge in [-0.1, -0.05) is 13.8 Å². The topological polar surface area (TPSA) is 53.1 Å². The van der Waals surface area contributed by atoms with Crippen LogP contribution in [-0.2, 0) is 6.42 Å². The fraction of sp³-hybridized carbons (Fsp3) is 0.500. The third-order valence-corrected chi connectivity index (χ3v) is 1.99. The van der Waals surface area contributed by atoms with E-state index < -0.39 is 5.97 Å². The second-order valence-corrected chi connectivity index (χ2v) is 3.73. The summed E-state index contributed by atoms with van der Waals surface area (Å²) in [7, 11) is 0. The summed E-state index contributed by atoms with van der Waals surface area (Å²) in [5, 5.41) is 8.93. The predicted molar refractivity (Wildman–Crippen MR) is 51.0 cm³/mol. The molecule has 3 heteroatoms. The van der Waals surface area contributed by atoms with Gasteiger partial charge in [0.2, 0.25) is 0 Å². The number of aryl methyl sites for hydroxylation is 1. The molecule has 1 heterocycles. The lowest BCUT2D eigenvalue weighted by Gasteiger charge is -2.03. The molecular weight excluding hydrogens is 166 g/mol. The summed E-state index contributed by atoms with van der Waals surface area (Å²) in [6, 6.07) is 0. The van der Waals surface area contributed by atoms with Crippen LogP contribution >= 0.6 is 0 Å². The average Bonchev–Trinajstić information content (AvgIpc) is 2.30. The second kappa shape index (κ2) is 3.64. The van der Waals surface area contributed by atoms with Gasteiger partial charge < -0.3 is 10.1 Å². The summed E-state index contributed by atoms with van der Waals surface area (Å²) >= 11 is 0. The van der Waals surface area contributed by atoms with Crippen LogP contribution in [0, 0.1) is 12.8 Å². The lowest BCUT2D eigenvalue weighted by atomic mass is 10.0. The van der Waals surface area contributed by atoms with Gasteiger partial charge in [0.15, 0.2) is 0 Å². The summed E-state index contributed by atoms with van der Waals surface area (Å²) in [5.41, 5.74) is 2.08. The van der Waals surface area contributed by atoms with E-state index in [9.17, 15) is 4.79 Å². The quantitative estimate of drug-likeness (QED) is 0.751. The van der Waals surface area contributed by atoms with Crippen LogP contribution in [0.4, 0.5) is 0 Å². The van der Waals surface area contributed by atoms with E-state index in [-0.39, 0.29) is 0 Å². The van der Waals surface area contributed by atoms with E-state index in [0.717, 1.165) is 17.7 Å². The van der Waals surface area contributed by atoms with E-state index >= 15 is 0 Å². The molecule has 0 unspecified atom stereocenters. The first-order chi connectivity index (χ1) is 6.02. The molecule has 1 rings (SSSR count). The SMILES string of the molecule is Cc1c[nH]c(CC(C)C)c1C(=O)O. The molecule has 72 valence electrons. The Bertz CT molecular complexity index is 313. The van der Waals surface area contributed by atoms with Gasteiger partial charge in [0.1, 0.15) is 0 Å². The Morgan fingerprint density at radius 3 is 2.69 bits per heavy atom. The molecule has 0 aliphatic heterocycles. The zero-order chi connectivity index (χ0) is 10.0. The number of aromatic nitrogens is 1. The molecule has 0 radical (unpaired) electrons. The number of nitrogens with one attached hydrogen (secondary N) is 1. The van der Waals surface area contributed by atoms with Crippen molar-refractivity contribution in [2.24, 2.45) is 5.92 Å². The fourth-order valence-corrected chi connectivity index (χ4v) is 1.44. The first kappa shape index (κ1) is 9.84. The minimum absolute atomic E-state index is 0.439. The minimum atomic E-state index is -0.839. The molecule has 0 aromatic carbocycles. The second-order valence-electron chi connectivity index (χ2n) is 3.73. The van der Waals surface area contributed by atoms with E-state index in [1.165, 1.54) is 0 Å². The highest BCUT2D eigenvalue weighted by Gasteiger charge is 2.15. The largest absolute Gasteiger partial charge is 0.478 e. The number of hydrogen-bond acceptors (Lipinski definition) is 1. The number of aromatic carboxylic acids is 1. The zero-order valence-electron chi connectivity index (χ0n) is 8.22. The molecule has 0 saturated heterocycles. The lowest BCUT2D eigenvalue weighted by Crippen LogP contribution is -2.04. The van der Waals surface area contributed by atoms with Crippen LogP contribution in [-0.4, -0.2) is 16.1 Å². The van der Waals surface area contributed by atoms with E-state index in [2.05, 4.69) is 18.8 Å². The molecule has 1 aromatic heterocycles.